The molecule has 0 saturated heterocycles. The van der Waals surface area contributed by atoms with Crippen molar-refractivity contribution in [3.8, 4) is 5.75 Å². The lowest BCUT2D eigenvalue weighted by Crippen LogP contribution is -2.16. The Hall–Kier alpha value is -2.83. The number of amides is 1. The molecule has 1 unspecified atom stereocenters. The summed E-state index contributed by atoms with van der Waals surface area (Å²) in [6.45, 7) is 5.67. The summed E-state index contributed by atoms with van der Waals surface area (Å²) in [6, 6.07) is 5.34. The van der Waals surface area contributed by atoms with Crippen molar-refractivity contribution < 1.29 is 19.4 Å². The van der Waals surface area contributed by atoms with E-state index >= 15 is 0 Å². The monoisotopic (exact) mass is 371 g/mol. The standard InChI is InChI=1S/C20H25N3O4/c1-4-13(3)23-19(14-5-6-14)16(10-21-23)20(26)22-17-8-7-15(9-12(17)2)27-11-18(24)25/h7-10,13-14H,4-6,11H2,1-3H3,(H,22,26)(H,24,25). The van der Waals surface area contributed by atoms with Crippen molar-refractivity contribution in [2.24, 2.45) is 0 Å². The van der Waals surface area contributed by atoms with Gasteiger partial charge in [0.25, 0.3) is 5.91 Å². The number of nitrogens with one attached hydrogen (secondary N) is 1. The number of anilines is 1. The number of rotatable bonds is 8. The zero-order valence-electron chi connectivity index (χ0n) is 15.9. The molecule has 2 aromatic rings. The van der Waals surface area contributed by atoms with Crippen molar-refractivity contribution in [2.45, 2.75) is 52.0 Å². The molecule has 1 atom stereocenters. The molecule has 1 saturated carbocycles. The molecule has 27 heavy (non-hydrogen) atoms. The Morgan fingerprint density at radius 2 is 2.15 bits per heavy atom. The molecular formula is C20H25N3O4. The number of hydrogen-bond donors (Lipinski definition) is 2. The number of carbonyl (C=O) groups excluding carboxylic acids is 1. The molecule has 1 aromatic carbocycles. The molecule has 1 aliphatic rings. The van der Waals surface area contributed by atoms with E-state index in [4.69, 9.17) is 9.84 Å². The minimum atomic E-state index is -1.03. The first-order valence-electron chi connectivity index (χ1n) is 9.24. The third-order valence-electron chi connectivity index (χ3n) is 4.86. The molecule has 144 valence electrons. The molecule has 3 rings (SSSR count). The molecule has 2 N–H and O–H groups in total. The van der Waals surface area contributed by atoms with Gasteiger partial charge in [-0.05, 0) is 56.9 Å². The summed E-state index contributed by atoms with van der Waals surface area (Å²) in [5.41, 5.74) is 3.12. The first-order valence-corrected chi connectivity index (χ1v) is 9.24. The fourth-order valence-corrected chi connectivity index (χ4v) is 3.04. The van der Waals surface area contributed by atoms with Crippen LogP contribution in [0, 0.1) is 6.92 Å². The van der Waals surface area contributed by atoms with Crippen molar-refractivity contribution in [1.82, 2.24) is 9.78 Å². The molecule has 7 nitrogen and oxygen atoms in total. The maximum absolute atomic E-state index is 12.9. The third-order valence-corrected chi connectivity index (χ3v) is 4.86. The van der Waals surface area contributed by atoms with E-state index in [9.17, 15) is 9.59 Å². The number of carboxylic acids is 1. The molecule has 1 aliphatic carbocycles. The van der Waals surface area contributed by atoms with E-state index in [1.807, 2.05) is 11.6 Å². The second kappa shape index (κ2) is 7.82. The van der Waals surface area contributed by atoms with Crippen LogP contribution in [0.5, 0.6) is 5.75 Å². The van der Waals surface area contributed by atoms with Gasteiger partial charge >= 0.3 is 5.97 Å². The number of aryl methyl sites for hydroxylation is 1. The Kier molecular flexibility index (Phi) is 5.48. The van der Waals surface area contributed by atoms with Gasteiger partial charge in [0.1, 0.15) is 5.75 Å². The van der Waals surface area contributed by atoms with Crippen molar-refractivity contribution in [1.29, 1.82) is 0 Å². The van der Waals surface area contributed by atoms with Crippen LogP contribution in [0.25, 0.3) is 0 Å². The van der Waals surface area contributed by atoms with Gasteiger partial charge in [-0.3, -0.25) is 9.48 Å². The maximum Gasteiger partial charge on any atom is 0.341 e. The van der Waals surface area contributed by atoms with Crippen molar-refractivity contribution in [2.75, 3.05) is 11.9 Å². The van der Waals surface area contributed by atoms with Crippen LogP contribution in [0.2, 0.25) is 0 Å². The number of hydrogen-bond acceptors (Lipinski definition) is 4. The molecule has 1 amide bonds. The largest absolute Gasteiger partial charge is 0.482 e. The van der Waals surface area contributed by atoms with Gasteiger partial charge in [-0.2, -0.15) is 5.10 Å². The molecular weight excluding hydrogens is 346 g/mol. The van der Waals surface area contributed by atoms with E-state index in [0.29, 0.717) is 22.9 Å². The van der Waals surface area contributed by atoms with Crippen LogP contribution in [-0.2, 0) is 4.79 Å². The quantitative estimate of drug-likeness (QED) is 0.737. The SMILES string of the molecule is CCC(C)n1ncc(C(=O)Nc2ccc(OCC(=O)O)cc2C)c1C1CC1. The van der Waals surface area contributed by atoms with Crippen LogP contribution in [0.15, 0.2) is 24.4 Å². The Morgan fingerprint density at radius 1 is 1.41 bits per heavy atom. The molecule has 1 heterocycles. The Bertz CT molecular complexity index is 855. The summed E-state index contributed by atoms with van der Waals surface area (Å²) in [7, 11) is 0. The minimum absolute atomic E-state index is 0.172. The minimum Gasteiger partial charge on any atom is -0.482 e. The molecule has 0 bridgehead atoms. The van der Waals surface area contributed by atoms with E-state index in [1.54, 1.807) is 24.4 Å². The molecule has 1 fully saturated rings. The second-order valence-corrected chi connectivity index (χ2v) is 7.03. The van der Waals surface area contributed by atoms with E-state index in [0.717, 1.165) is 30.5 Å². The highest BCUT2D eigenvalue weighted by molar-refractivity contribution is 6.05. The van der Waals surface area contributed by atoms with Crippen LogP contribution in [0.3, 0.4) is 0 Å². The topological polar surface area (TPSA) is 93.5 Å². The summed E-state index contributed by atoms with van der Waals surface area (Å²) in [4.78, 5) is 23.5. The van der Waals surface area contributed by atoms with Gasteiger partial charge in [0.15, 0.2) is 6.61 Å². The van der Waals surface area contributed by atoms with Gasteiger partial charge in [-0.1, -0.05) is 6.92 Å². The van der Waals surface area contributed by atoms with Crippen LogP contribution in [-0.4, -0.2) is 33.4 Å². The number of benzene rings is 1. The summed E-state index contributed by atoms with van der Waals surface area (Å²) in [5.74, 6) is -0.337. The van der Waals surface area contributed by atoms with Gasteiger partial charge in [0.2, 0.25) is 0 Å². The number of carboxylic acid groups (broad SMARTS) is 1. The van der Waals surface area contributed by atoms with Crippen LogP contribution in [0.1, 0.15) is 66.7 Å². The van der Waals surface area contributed by atoms with Crippen LogP contribution in [0.4, 0.5) is 5.69 Å². The van der Waals surface area contributed by atoms with Gasteiger partial charge in [-0.15, -0.1) is 0 Å². The Labute approximate surface area is 158 Å². The first-order chi connectivity index (χ1) is 12.9. The fraction of sp³-hybridized carbons (Fsp3) is 0.450. The molecule has 0 spiro atoms. The Balaban J connectivity index is 1.78. The normalized spacial score (nSPS) is 14.6. The summed E-state index contributed by atoms with van der Waals surface area (Å²) in [5, 5.41) is 16.1. The van der Waals surface area contributed by atoms with Crippen molar-refractivity contribution in [3.05, 3.63) is 41.2 Å². The number of aliphatic carboxylic acids is 1. The maximum atomic E-state index is 12.9. The van der Waals surface area contributed by atoms with E-state index in [-0.39, 0.29) is 11.9 Å². The lowest BCUT2D eigenvalue weighted by Gasteiger charge is -2.15. The smallest absolute Gasteiger partial charge is 0.341 e. The van der Waals surface area contributed by atoms with E-state index < -0.39 is 12.6 Å². The van der Waals surface area contributed by atoms with Gasteiger partial charge in [0.05, 0.1) is 17.5 Å². The number of ether oxygens (including phenoxy) is 1. The van der Waals surface area contributed by atoms with Crippen molar-refractivity contribution >= 4 is 17.6 Å². The highest BCUT2D eigenvalue weighted by Gasteiger charge is 2.33. The highest BCUT2D eigenvalue weighted by atomic mass is 16.5. The van der Waals surface area contributed by atoms with Crippen molar-refractivity contribution in [3.63, 3.8) is 0 Å². The number of aromatic nitrogens is 2. The summed E-state index contributed by atoms with van der Waals surface area (Å²) >= 11 is 0. The molecule has 7 heteroatoms. The van der Waals surface area contributed by atoms with Gasteiger partial charge in [0, 0.05) is 17.6 Å². The predicted octanol–water partition coefficient (Wildman–Crippen LogP) is 3.76. The average Bonchev–Trinajstić information content (AvgIpc) is 3.38. The average molecular weight is 371 g/mol. The first kappa shape index (κ1) is 18.9. The number of nitrogens with zero attached hydrogens (tertiary/aromatic N) is 2. The Morgan fingerprint density at radius 3 is 2.74 bits per heavy atom. The second-order valence-electron chi connectivity index (χ2n) is 7.03. The van der Waals surface area contributed by atoms with Crippen LogP contribution >= 0.6 is 0 Å². The third kappa shape index (κ3) is 4.30. The molecule has 0 radical (unpaired) electrons. The summed E-state index contributed by atoms with van der Waals surface area (Å²) < 4.78 is 7.16. The van der Waals surface area contributed by atoms with E-state index in [1.165, 1.54) is 0 Å². The van der Waals surface area contributed by atoms with Gasteiger partial charge in [-0.25, -0.2) is 4.79 Å². The molecule has 0 aliphatic heterocycles. The fourth-order valence-electron chi connectivity index (χ4n) is 3.04. The zero-order valence-corrected chi connectivity index (χ0v) is 15.9. The van der Waals surface area contributed by atoms with Gasteiger partial charge < -0.3 is 15.2 Å². The number of carbonyl (C=O) groups is 2. The summed E-state index contributed by atoms with van der Waals surface area (Å²) in [6.07, 6.45) is 4.81. The predicted molar refractivity (Wildman–Crippen MR) is 101 cm³/mol. The lowest BCUT2D eigenvalue weighted by molar-refractivity contribution is -0.139. The highest BCUT2D eigenvalue weighted by Crippen LogP contribution is 2.43. The lowest BCUT2D eigenvalue weighted by atomic mass is 10.1. The molecule has 1 aromatic heterocycles. The van der Waals surface area contributed by atoms with E-state index in [2.05, 4.69) is 24.3 Å². The van der Waals surface area contributed by atoms with Crippen LogP contribution < -0.4 is 10.1 Å². The zero-order chi connectivity index (χ0) is 19.6.